The molecule has 0 aliphatic carbocycles. The number of benzene rings is 1. The van der Waals surface area contributed by atoms with Gasteiger partial charge in [0, 0.05) is 18.0 Å². The molecule has 2 aromatic rings. The molecule has 20 heavy (non-hydrogen) atoms. The van der Waals surface area contributed by atoms with Crippen LogP contribution in [0.4, 0.5) is 0 Å². The Balaban J connectivity index is 2.23. The van der Waals surface area contributed by atoms with E-state index in [4.69, 9.17) is 10.5 Å². The highest BCUT2D eigenvalue weighted by Gasteiger charge is 2.31. The molecule has 1 aromatic carbocycles. The number of hydrogen-bond acceptors (Lipinski definition) is 4. The van der Waals surface area contributed by atoms with Gasteiger partial charge < -0.3 is 15.0 Å². The van der Waals surface area contributed by atoms with E-state index in [2.05, 4.69) is 4.98 Å². The van der Waals surface area contributed by atoms with Crippen LogP contribution in [0.5, 0.6) is 0 Å². The third kappa shape index (κ3) is 3.05. The maximum Gasteiger partial charge on any atom is 0.327 e. The summed E-state index contributed by atoms with van der Waals surface area (Å²) in [7, 11) is 0. The van der Waals surface area contributed by atoms with Crippen LogP contribution in [0.1, 0.15) is 13.8 Å². The van der Waals surface area contributed by atoms with Crippen molar-refractivity contribution in [2.75, 3.05) is 6.61 Å². The summed E-state index contributed by atoms with van der Waals surface area (Å²) in [6.45, 7) is 4.07. The normalized spacial score (nSPS) is 13.8. The van der Waals surface area contributed by atoms with Crippen LogP contribution in [0.15, 0.2) is 42.7 Å². The minimum absolute atomic E-state index is 0.316. The highest BCUT2D eigenvalue weighted by atomic mass is 16.5. The molecule has 1 unspecified atom stereocenters. The third-order valence-electron chi connectivity index (χ3n) is 2.99. The lowest BCUT2D eigenvalue weighted by molar-refractivity contribution is -0.149. The number of nitrogens with zero attached hydrogens (tertiary/aromatic N) is 2. The molecule has 5 heteroatoms. The number of ether oxygens (including phenoxy) is 1. The molecule has 1 aromatic heterocycles. The fraction of sp³-hybridized carbons (Fsp3) is 0.333. The monoisotopic (exact) mass is 273 g/mol. The maximum absolute atomic E-state index is 11.9. The molecule has 0 saturated heterocycles. The molecule has 0 aliphatic heterocycles. The molecular weight excluding hydrogens is 254 g/mol. The summed E-state index contributed by atoms with van der Waals surface area (Å²) in [4.78, 5) is 16.2. The number of carbonyl (C=O) groups excluding carboxylic acids is 1. The van der Waals surface area contributed by atoms with Crippen LogP contribution >= 0.6 is 0 Å². The predicted octanol–water partition coefficient (Wildman–Crippen LogP) is 1.83. The van der Waals surface area contributed by atoms with E-state index in [9.17, 15) is 4.79 Å². The second kappa shape index (κ2) is 5.88. The Hall–Kier alpha value is -2.14. The van der Waals surface area contributed by atoms with E-state index in [-0.39, 0.29) is 0 Å². The van der Waals surface area contributed by atoms with E-state index < -0.39 is 11.5 Å². The summed E-state index contributed by atoms with van der Waals surface area (Å²) >= 11 is 0. The summed E-state index contributed by atoms with van der Waals surface area (Å²) in [6.07, 6.45) is 3.51. The van der Waals surface area contributed by atoms with Crippen molar-refractivity contribution in [1.82, 2.24) is 9.55 Å². The molecule has 0 amide bonds. The summed E-state index contributed by atoms with van der Waals surface area (Å²) in [6, 6.07) is 9.78. The van der Waals surface area contributed by atoms with Gasteiger partial charge in [-0.15, -0.1) is 0 Å². The quantitative estimate of drug-likeness (QED) is 0.844. The summed E-state index contributed by atoms with van der Waals surface area (Å²) in [5, 5.41) is 0. The zero-order valence-electron chi connectivity index (χ0n) is 11.7. The fourth-order valence-electron chi connectivity index (χ4n) is 2.00. The van der Waals surface area contributed by atoms with Crippen LogP contribution in [0.3, 0.4) is 0 Å². The molecule has 0 bridgehead atoms. The van der Waals surface area contributed by atoms with Gasteiger partial charge in [0.1, 0.15) is 11.4 Å². The zero-order chi connectivity index (χ0) is 14.6. The first-order chi connectivity index (χ1) is 9.54. The Labute approximate surface area is 118 Å². The second-order valence-corrected chi connectivity index (χ2v) is 4.88. The number of nitrogens with two attached hydrogens (primary N) is 1. The number of hydrogen-bond donors (Lipinski definition) is 1. The van der Waals surface area contributed by atoms with Crippen molar-refractivity contribution in [3.05, 3.63) is 42.7 Å². The number of carbonyl (C=O) groups is 1. The van der Waals surface area contributed by atoms with Gasteiger partial charge >= 0.3 is 5.97 Å². The van der Waals surface area contributed by atoms with Gasteiger partial charge in [-0.3, -0.25) is 0 Å². The van der Waals surface area contributed by atoms with Crippen LogP contribution in [0.25, 0.3) is 11.4 Å². The Kier molecular flexibility index (Phi) is 4.20. The Morgan fingerprint density at radius 2 is 2.10 bits per heavy atom. The first kappa shape index (κ1) is 14.3. The topological polar surface area (TPSA) is 70.1 Å². The molecule has 0 saturated carbocycles. The van der Waals surface area contributed by atoms with E-state index >= 15 is 0 Å². The first-order valence-electron chi connectivity index (χ1n) is 6.57. The smallest absolute Gasteiger partial charge is 0.327 e. The largest absolute Gasteiger partial charge is 0.465 e. The van der Waals surface area contributed by atoms with Gasteiger partial charge in [0.15, 0.2) is 0 Å². The van der Waals surface area contributed by atoms with Crippen molar-refractivity contribution in [1.29, 1.82) is 0 Å². The van der Waals surface area contributed by atoms with Crippen LogP contribution < -0.4 is 5.73 Å². The molecule has 2 rings (SSSR count). The van der Waals surface area contributed by atoms with Crippen molar-refractivity contribution in [3.63, 3.8) is 0 Å². The van der Waals surface area contributed by atoms with Gasteiger partial charge in [-0.2, -0.15) is 0 Å². The van der Waals surface area contributed by atoms with E-state index in [1.54, 1.807) is 20.0 Å². The van der Waals surface area contributed by atoms with Crippen molar-refractivity contribution in [2.45, 2.75) is 25.9 Å². The van der Waals surface area contributed by atoms with Crippen LogP contribution in [-0.4, -0.2) is 27.7 Å². The molecule has 0 fully saturated rings. The molecule has 0 aliphatic rings. The van der Waals surface area contributed by atoms with Gasteiger partial charge in [0.25, 0.3) is 0 Å². The number of rotatable bonds is 5. The standard InChI is InChI=1S/C15H19N3O2/c1-3-20-14(19)15(2,16)11-18-10-9-17-13(18)12-7-5-4-6-8-12/h4-10H,3,11,16H2,1-2H3. The molecule has 0 spiro atoms. The van der Waals surface area contributed by atoms with Crippen LogP contribution in [0, 0.1) is 0 Å². The molecule has 2 N–H and O–H groups in total. The van der Waals surface area contributed by atoms with Crippen molar-refractivity contribution in [2.24, 2.45) is 5.73 Å². The lowest BCUT2D eigenvalue weighted by atomic mass is 10.0. The zero-order valence-corrected chi connectivity index (χ0v) is 11.7. The molecule has 0 radical (unpaired) electrons. The highest BCUT2D eigenvalue weighted by molar-refractivity contribution is 5.80. The number of aromatic nitrogens is 2. The molecule has 5 nitrogen and oxygen atoms in total. The summed E-state index contributed by atoms with van der Waals surface area (Å²) in [5.74, 6) is 0.374. The number of esters is 1. The van der Waals surface area contributed by atoms with E-state index in [0.29, 0.717) is 13.2 Å². The molecule has 1 atom stereocenters. The lowest BCUT2D eigenvalue weighted by Gasteiger charge is -2.23. The van der Waals surface area contributed by atoms with Crippen molar-refractivity contribution < 1.29 is 9.53 Å². The average molecular weight is 273 g/mol. The molecule has 1 heterocycles. The summed E-state index contributed by atoms with van der Waals surface area (Å²) in [5.41, 5.74) is 5.96. The van der Waals surface area contributed by atoms with Gasteiger partial charge in [0.05, 0.1) is 13.2 Å². The van der Waals surface area contributed by atoms with Gasteiger partial charge in [-0.1, -0.05) is 30.3 Å². The van der Waals surface area contributed by atoms with Gasteiger partial charge in [0.2, 0.25) is 0 Å². The van der Waals surface area contributed by atoms with Crippen molar-refractivity contribution >= 4 is 5.97 Å². The minimum atomic E-state index is -1.08. The van der Waals surface area contributed by atoms with E-state index in [1.807, 2.05) is 41.1 Å². The SMILES string of the molecule is CCOC(=O)C(C)(N)Cn1ccnc1-c1ccccc1. The second-order valence-electron chi connectivity index (χ2n) is 4.88. The average Bonchev–Trinajstić information content (AvgIpc) is 2.87. The molecule has 106 valence electrons. The van der Waals surface area contributed by atoms with Crippen LogP contribution in [-0.2, 0) is 16.1 Å². The fourth-order valence-corrected chi connectivity index (χ4v) is 2.00. The van der Waals surface area contributed by atoms with E-state index in [1.165, 1.54) is 0 Å². The van der Waals surface area contributed by atoms with E-state index in [0.717, 1.165) is 11.4 Å². The lowest BCUT2D eigenvalue weighted by Crippen LogP contribution is -2.49. The predicted molar refractivity (Wildman–Crippen MR) is 76.9 cm³/mol. The third-order valence-corrected chi connectivity index (χ3v) is 2.99. The first-order valence-corrected chi connectivity index (χ1v) is 6.57. The van der Waals surface area contributed by atoms with Gasteiger partial charge in [-0.05, 0) is 13.8 Å². The molecular formula is C15H19N3O2. The highest BCUT2D eigenvalue weighted by Crippen LogP contribution is 2.19. The van der Waals surface area contributed by atoms with Crippen LogP contribution in [0.2, 0.25) is 0 Å². The Morgan fingerprint density at radius 1 is 1.40 bits per heavy atom. The maximum atomic E-state index is 11.9. The Morgan fingerprint density at radius 3 is 2.75 bits per heavy atom. The Bertz CT molecular complexity index is 576. The number of imidazole rings is 1. The minimum Gasteiger partial charge on any atom is -0.465 e. The van der Waals surface area contributed by atoms with Gasteiger partial charge in [-0.25, -0.2) is 9.78 Å². The summed E-state index contributed by atoms with van der Waals surface area (Å²) < 4.78 is 6.87. The van der Waals surface area contributed by atoms with Crippen molar-refractivity contribution in [3.8, 4) is 11.4 Å².